The second kappa shape index (κ2) is 13.0. The Morgan fingerprint density at radius 2 is 1.62 bits per heavy atom. The molecule has 7 nitrogen and oxygen atoms in total. The molecule has 0 saturated carbocycles. The van der Waals surface area contributed by atoms with Crippen molar-refractivity contribution in [3.63, 3.8) is 0 Å². The number of rotatable bonds is 10. The first-order valence-electron chi connectivity index (χ1n) is 12.8. The van der Waals surface area contributed by atoms with Crippen LogP contribution in [0.15, 0.2) is 83.4 Å². The van der Waals surface area contributed by atoms with Crippen LogP contribution in [0, 0.1) is 11.3 Å². The van der Waals surface area contributed by atoms with E-state index in [-0.39, 0.29) is 17.7 Å². The van der Waals surface area contributed by atoms with Gasteiger partial charge in [0.15, 0.2) is 11.5 Å². The Bertz CT molecular complexity index is 1500. The topological polar surface area (TPSA) is 88.9 Å². The van der Waals surface area contributed by atoms with Gasteiger partial charge in [-0.25, -0.2) is 0 Å². The van der Waals surface area contributed by atoms with Crippen molar-refractivity contribution in [2.75, 3.05) is 20.3 Å². The van der Waals surface area contributed by atoms with E-state index in [0.717, 1.165) is 21.8 Å². The number of methoxy groups -OCH3 is 1. The molecule has 1 heterocycles. The van der Waals surface area contributed by atoms with Crippen molar-refractivity contribution in [3.05, 3.63) is 105 Å². The fourth-order valence-electron chi connectivity index (χ4n) is 4.28. The third-order valence-electron chi connectivity index (χ3n) is 6.49. The minimum absolute atomic E-state index is 0.0477. The third-order valence-corrected chi connectivity index (χ3v) is 6.75. The standard InChI is InChI=1S/C32H29ClN2O5/c1-4-39-30-18-24(9-14-29(30)40-20-23-5-10-25(33)11-6-23)17-27-21(2)28(19-34)32(37)35(31(27)36)16-15-22-7-12-26(38-3)13-8-22/h5-14,17-18H,4,15-16,20H2,1-3H3/b27-17+. The number of nitriles is 1. The molecule has 0 unspecified atom stereocenters. The molecule has 0 N–H and O–H groups in total. The van der Waals surface area contributed by atoms with Gasteiger partial charge < -0.3 is 14.2 Å². The summed E-state index contributed by atoms with van der Waals surface area (Å²) < 4.78 is 17.0. The van der Waals surface area contributed by atoms with Gasteiger partial charge >= 0.3 is 0 Å². The third kappa shape index (κ3) is 6.53. The Morgan fingerprint density at radius 3 is 2.27 bits per heavy atom. The number of halogens is 1. The molecule has 1 aliphatic rings. The first kappa shape index (κ1) is 28.5. The smallest absolute Gasteiger partial charge is 0.271 e. The number of ether oxygens (including phenoxy) is 3. The molecule has 0 bridgehead atoms. The molecule has 0 aliphatic carbocycles. The summed E-state index contributed by atoms with van der Waals surface area (Å²) in [5.74, 6) is 0.753. The predicted molar refractivity (Wildman–Crippen MR) is 153 cm³/mol. The van der Waals surface area contributed by atoms with E-state index < -0.39 is 11.8 Å². The van der Waals surface area contributed by atoms with Crippen molar-refractivity contribution in [3.8, 4) is 23.3 Å². The molecule has 0 atom stereocenters. The van der Waals surface area contributed by atoms with E-state index in [4.69, 9.17) is 25.8 Å². The summed E-state index contributed by atoms with van der Waals surface area (Å²) in [6.45, 7) is 4.38. The molecule has 0 radical (unpaired) electrons. The van der Waals surface area contributed by atoms with Crippen LogP contribution < -0.4 is 14.2 Å². The van der Waals surface area contributed by atoms with Gasteiger partial charge in [-0.15, -0.1) is 0 Å². The molecular weight excluding hydrogens is 528 g/mol. The number of carbonyl (C=O) groups excluding carboxylic acids is 2. The first-order valence-corrected chi connectivity index (χ1v) is 13.2. The molecule has 3 aromatic carbocycles. The second-order valence-corrected chi connectivity index (χ2v) is 9.52. The maximum Gasteiger partial charge on any atom is 0.271 e. The summed E-state index contributed by atoms with van der Waals surface area (Å²) >= 11 is 5.97. The summed E-state index contributed by atoms with van der Waals surface area (Å²) in [7, 11) is 1.59. The molecular formula is C32H29ClN2O5. The minimum atomic E-state index is -0.586. The molecule has 40 heavy (non-hydrogen) atoms. The van der Waals surface area contributed by atoms with E-state index in [9.17, 15) is 14.9 Å². The highest BCUT2D eigenvalue weighted by Crippen LogP contribution is 2.32. The lowest BCUT2D eigenvalue weighted by Gasteiger charge is -2.27. The summed E-state index contributed by atoms with van der Waals surface area (Å²) in [5, 5.41) is 10.4. The van der Waals surface area contributed by atoms with E-state index in [1.54, 1.807) is 50.4 Å². The molecule has 4 rings (SSSR count). The monoisotopic (exact) mass is 556 g/mol. The number of imide groups is 1. The second-order valence-electron chi connectivity index (χ2n) is 9.08. The van der Waals surface area contributed by atoms with Crippen LogP contribution in [-0.2, 0) is 22.6 Å². The maximum absolute atomic E-state index is 13.5. The minimum Gasteiger partial charge on any atom is -0.497 e. The highest BCUT2D eigenvalue weighted by Gasteiger charge is 2.35. The van der Waals surface area contributed by atoms with Crippen LogP contribution in [0.25, 0.3) is 6.08 Å². The van der Waals surface area contributed by atoms with Gasteiger partial charge in [-0.1, -0.05) is 41.9 Å². The molecule has 0 fully saturated rings. The number of hydrogen-bond acceptors (Lipinski definition) is 6. The van der Waals surface area contributed by atoms with Crippen molar-refractivity contribution < 1.29 is 23.8 Å². The van der Waals surface area contributed by atoms with Gasteiger partial charge in [0, 0.05) is 17.1 Å². The number of nitrogens with zero attached hydrogens (tertiary/aromatic N) is 2. The van der Waals surface area contributed by atoms with Crippen molar-refractivity contribution in [1.82, 2.24) is 4.90 Å². The summed E-state index contributed by atoms with van der Waals surface area (Å²) in [4.78, 5) is 27.7. The van der Waals surface area contributed by atoms with E-state index >= 15 is 0 Å². The van der Waals surface area contributed by atoms with Gasteiger partial charge in [-0.05, 0) is 85.0 Å². The van der Waals surface area contributed by atoms with Crippen molar-refractivity contribution in [1.29, 1.82) is 5.26 Å². The maximum atomic E-state index is 13.5. The summed E-state index contributed by atoms with van der Waals surface area (Å²) in [6, 6.07) is 22.1. The summed E-state index contributed by atoms with van der Waals surface area (Å²) in [5.41, 5.74) is 3.14. The van der Waals surface area contributed by atoms with Crippen molar-refractivity contribution in [2.45, 2.75) is 26.9 Å². The van der Waals surface area contributed by atoms with Gasteiger partial charge in [0.25, 0.3) is 11.8 Å². The number of carbonyl (C=O) groups is 2. The van der Waals surface area contributed by atoms with Crippen LogP contribution in [0.3, 0.4) is 0 Å². The SMILES string of the molecule is CCOc1cc(/C=C2/C(=O)N(CCc3ccc(OC)cc3)C(=O)C(C#N)=C2C)ccc1OCc1ccc(Cl)cc1. The van der Waals surface area contributed by atoms with E-state index in [1.807, 2.05) is 49.4 Å². The molecule has 0 spiro atoms. The molecule has 204 valence electrons. The van der Waals surface area contributed by atoms with Crippen LogP contribution in [0.1, 0.15) is 30.5 Å². The zero-order valence-electron chi connectivity index (χ0n) is 22.6. The fourth-order valence-corrected chi connectivity index (χ4v) is 4.40. The Kier molecular flexibility index (Phi) is 9.26. The van der Waals surface area contributed by atoms with Crippen molar-refractivity contribution >= 4 is 29.5 Å². The average Bonchev–Trinajstić information content (AvgIpc) is 2.96. The largest absolute Gasteiger partial charge is 0.497 e. The molecule has 8 heteroatoms. The molecule has 0 saturated heterocycles. The normalized spacial score (nSPS) is 14.4. The van der Waals surface area contributed by atoms with Gasteiger partial charge in [0.05, 0.1) is 13.7 Å². The van der Waals surface area contributed by atoms with Gasteiger partial charge in [-0.3, -0.25) is 14.5 Å². The van der Waals surface area contributed by atoms with Crippen LogP contribution in [0.5, 0.6) is 17.2 Å². The van der Waals surface area contributed by atoms with Crippen LogP contribution in [0.2, 0.25) is 5.02 Å². The Balaban J connectivity index is 1.59. The fraction of sp³-hybridized carbons (Fsp3) is 0.219. The number of benzene rings is 3. The van der Waals surface area contributed by atoms with Crippen LogP contribution >= 0.6 is 11.6 Å². The van der Waals surface area contributed by atoms with E-state index in [0.29, 0.717) is 47.3 Å². The quantitative estimate of drug-likeness (QED) is 0.219. The van der Waals surface area contributed by atoms with Gasteiger partial charge in [0.1, 0.15) is 24.0 Å². The van der Waals surface area contributed by atoms with E-state index in [2.05, 4.69) is 0 Å². The van der Waals surface area contributed by atoms with Crippen LogP contribution in [-0.4, -0.2) is 37.0 Å². The first-order chi connectivity index (χ1) is 19.3. The molecule has 2 amide bonds. The number of amides is 2. The van der Waals surface area contributed by atoms with Crippen LogP contribution in [0.4, 0.5) is 0 Å². The Hall–Kier alpha value is -4.54. The average molecular weight is 557 g/mol. The number of hydrogen-bond donors (Lipinski definition) is 0. The lowest BCUT2D eigenvalue weighted by Crippen LogP contribution is -2.43. The van der Waals surface area contributed by atoms with Gasteiger partial charge in [-0.2, -0.15) is 5.26 Å². The highest BCUT2D eigenvalue weighted by atomic mass is 35.5. The lowest BCUT2D eigenvalue weighted by molar-refractivity contribution is -0.140. The Morgan fingerprint density at radius 1 is 0.925 bits per heavy atom. The Labute approximate surface area is 238 Å². The highest BCUT2D eigenvalue weighted by molar-refractivity contribution is 6.30. The molecule has 1 aliphatic heterocycles. The van der Waals surface area contributed by atoms with Crippen molar-refractivity contribution in [2.24, 2.45) is 0 Å². The summed E-state index contributed by atoms with van der Waals surface area (Å²) in [6.07, 6.45) is 2.12. The van der Waals surface area contributed by atoms with E-state index in [1.165, 1.54) is 0 Å². The zero-order valence-corrected chi connectivity index (χ0v) is 23.3. The molecule has 3 aromatic rings. The lowest BCUT2D eigenvalue weighted by atomic mass is 9.93. The molecule has 0 aromatic heterocycles. The zero-order chi connectivity index (χ0) is 28.6. The predicted octanol–water partition coefficient (Wildman–Crippen LogP) is 6.16. The van der Waals surface area contributed by atoms with Gasteiger partial charge in [0.2, 0.25) is 0 Å².